The zero-order chi connectivity index (χ0) is 20.5. The normalized spacial score (nSPS) is 35.3. The van der Waals surface area contributed by atoms with Crippen LogP contribution < -0.4 is 5.32 Å². The van der Waals surface area contributed by atoms with Gasteiger partial charge in [-0.25, -0.2) is 4.68 Å². The van der Waals surface area contributed by atoms with Gasteiger partial charge in [0.15, 0.2) is 0 Å². The molecule has 2 saturated heterocycles. The van der Waals surface area contributed by atoms with Crippen molar-refractivity contribution in [2.45, 2.75) is 54.6 Å². The summed E-state index contributed by atoms with van der Waals surface area (Å²) in [5, 5.41) is 34.5. The molecule has 0 unspecified atom stereocenters. The van der Waals surface area contributed by atoms with Crippen molar-refractivity contribution in [2.75, 3.05) is 19.6 Å². The van der Waals surface area contributed by atoms with Crippen LogP contribution >= 0.6 is 11.8 Å². The van der Waals surface area contributed by atoms with E-state index in [0.29, 0.717) is 42.3 Å². The van der Waals surface area contributed by atoms with Crippen molar-refractivity contribution in [3.63, 3.8) is 0 Å². The number of carbonyl (C=O) groups is 2. The lowest BCUT2D eigenvalue weighted by Crippen LogP contribution is -2.50. The highest BCUT2D eigenvalue weighted by Gasteiger charge is 2.42. The number of nitrogens with one attached hydrogen (secondary N) is 1. The molecule has 1 aliphatic carbocycles. The fraction of sp³-hybridized carbons (Fsp3) is 0.833. The molecule has 160 valence electrons. The molecule has 1 saturated carbocycles. The van der Waals surface area contributed by atoms with Gasteiger partial charge in [0.05, 0.1) is 0 Å². The number of aromatic nitrogens is 4. The maximum Gasteiger partial charge on any atom is 0.320 e. The summed E-state index contributed by atoms with van der Waals surface area (Å²) < 4.78 is 1.61. The summed E-state index contributed by atoms with van der Waals surface area (Å²) in [5.74, 6) is -0.162. The van der Waals surface area contributed by atoms with Gasteiger partial charge in [0.1, 0.15) is 12.1 Å². The van der Waals surface area contributed by atoms with Gasteiger partial charge in [-0.1, -0.05) is 11.8 Å². The lowest BCUT2D eigenvalue weighted by atomic mass is 9.69. The number of fused-ring (bicyclic) bond motifs is 1. The molecule has 0 aromatic carbocycles. The van der Waals surface area contributed by atoms with Crippen molar-refractivity contribution < 1.29 is 19.8 Å². The molecule has 3 N–H and O–H groups in total. The first-order valence-corrected chi connectivity index (χ1v) is 11.1. The van der Waals surface area contributed by atoms with Gasteiger partial charge in [-0.05, 0) is 66.8 Å². The van der Waals surface area contributed by atoms with E-state index in [1.165, 1.54) is 0 Å². The van der Waals surface area contributed by atoms with Crippen LogP contribution in [0.25, 0.3) is 0 Å². The molecule has 0 spiro atoms. The van der Waals surface area contributed by atoms with Crippen molar-refractivity contribution in [3.05, 3.63) is 0 Å². The molecule has 1 aromatic rings. The molecule has 0 bridgehead atoms. The Kier molecular flexibility index (Phi) is 6.07. The lowest BCUT2D eigenvalue weighted by Gasteiger charge is -2.42. The molecule has 3 heterocycles. The largest absolute Gasteiger partial charge is 0.480 e. The summed E-state index contributed by atoms with van der Waals surface area (Å²) in [6.07, 6.45) is 4.41. The van der Waals surface area contributed by atoms with Crippen LogP contribution in [0.3, 0.4) is 0 Å². The van der Waals surface area contributed by atoms with Crippen LogP contribution in [0.5, 0.6) is 0 Å². The molecule has 3 fully saturated rings. The fourth-order valence-electron chi connectivity index (χ4n) is 5.22. The first-order chi connectivity index (χ1) is 13.9. The van der Waals surface area contributed by atoms with E-state index in [2.05, 4.69) is 25.7 Å². The fourth-order valence-corrected chi connectivity index (χ4v) is 6.34. The number of hydrogen-bond acceptors (Lipinski definition) is 8. The van der Waals surface area contributed by atoms with E-state index in [1.54, 1.807) is 23.5 Å². The molecule has 11 heteroatoms. The van der Waals surface area contributed by atoms with Crippen molar-refractivity contribution >= 4 is 23.7 Å². The van der Waals surface area contributed by atoms with E-state index in [4.69, 9.17) is 0 Å². The number of nitrogens with zero attached hydrogens (tertiary/aromatic N) is 5. The second-order valence-corrected chi connectivity index (χ2v) is 9.87. The first kappa shape index (κ1) is 20.5. The van der Waals surface area contributed by atoms with Crippen molar-refractivity contribution in [1.29, 1.82) is 0 Å². The van der Waals surface area contributed by atoms with Crippen molar-refractivity contribution in [1.82, 2.24) is 30.4 Å². The quantitative estimate of drug-likeness (QED) is 0.586. The average Bonchev–Trinajstić information content (AvgIpc) is 3.27. The second-order valence-electron chi connectivity index (χ2n) is 8.60. The van der Waals surface area contributed by atoms with E-state index < -0.39 is 24.0 Å². The molecule has 4 rings (SSSR count). The van der Waals surface area contributed by atoms with Gasteiger partial charge in [-0.2, -0.15) is 0 Å². The van der Waals surface area contributed by atoms with Crippen LogP contribution in [0.2, 0.25) is 0 Å². The molecule has 3 aliphatic rings. The van der Waals surface area contributed by atoms with E-state index in [0.717, 1.165) is 32.4 Å². The highest BCUT2D eigenvalue weighted by Crippen LogP contribution is 2.40. The number of carboxylic acid groups (broad SMARTS) is 2. The van der Waals surface area contributed by atoms with E-state index in [1.807, 2.05) is 0 Å². The van der Waals surface area contributed by atoms with E-state index in [9.17, 15) is 19.8 Å². The Bertz CT molecular complexity index is 760. The molecule has 6 atom stereocenters. The molecule has 29 heavy (non-hydrogen) atoms. The third-order valence-electron chi connectivity index (χ3n) is 6.71. The third-order valence-corrected chi connectivity index (χ3v) is 7.94. The summed E-state index contributed by atoms with van der Waals surface area (Å²) in [5.41, 5.74) is 0. The van der Waals surface area contributed by atoms with Crippen LogP contribution in [-0.4, -0.2) is 84.2 Å². The minimum Gasteiger partial charge on any atom is -0.480 e. The van der Waals surface area contributed by atoms with Crippen molar-refractivity contribution in [2.24, 2.45) is 24.8 Å². The van der Waals surface area contributed by atoms with Crippen LogP contribution in [0.4, 0.5) is 0 Å². The topological polar surface area (TPSA) is 133 Å². The van der Waals surface area contributed by atoms with Gasteiger partial charge in [0.25, 0.3) is 0 Å². The number of tetrazole rings is 1. The standard InChI is InChI=1S/C18H28N6O4S/c1-23-18(20-21-22-23)29-13-6-15(17(27)28)24(9-13)8-10-2-3-11-7-19-14(16(25)26)5-12(11)4-10/h10-15,19H,2-9H2,1H3,(H,25,26)(H,27,28)/t10-,11-,12+,13-,14-,15-/m0/s1. The van der Waals surface area contributed by atoms with Gasteiger partial charge in [0, 0.05) is 25.4 Å². The number of likely N-dealkylation sites (tertiary alicyclic amines) is 1. The molecular formula is C18H28N6O4S. The molecule has 2 aliphatic heterocycles. The predicted molar refractivity (Wildman–Crippen MR) is 104 cm³/mol. The van der Waals surface area contributed by atoms with Crippen LogP contribution in [0, 0.1) is 17.8 Å². The number of aryl methyl sites for hydroxylation is 1. The summed E-state index contributed by atoms with van der Waals surface area (Å²) >= 11 is 1.54. The first-order valence-electron chi connectivity index (χ1n) is 10.2. The predicted octanol–water partition coefficient (Wildman–Crippen LogP) is 0.309. The Morgan fingerprint density at radius 3 is 2.69 bits per heavy atom. The molecule has 0 amide bonds. The molecule has 10 nitrogen and oxygen atoms in total. The number of hydrogen-bond donors (Lipinski definition) is 3. The van der Waals surface area contributed by atoms with Crippen LogP contribution in [0.1, 0.15) is 32.1 Å². The summed E-state index contributed by atoms with van der Waals surface area (Å²) in [7, 11) is 1.78. The average molecular weight is 425 g/mol. The van der Waals surface area contributed by atoms with Gasteiger partial charge in [-0.15, -0.1) is 5.10 Å². The van der Waals surface area contributed by atoms with Gasteiger partial charge >= 0.3 is 11.9 Å². The number of rotatable bonds is 6. The Morgan fingerprint density at radius 2 is 2.00 bits per heavy atom. The van der Waals surface area contributed by atoms with Gasteiger partial charge in [0.2, 0.25) is 5.16 Å². The smallest absolute Gasteiger partial charge is 0.320 e. The highest BCUT2D eigenvalue weighted by atomic mass is 32.2. The zero-order valence-electron chi connectivity index (χ0n) is 16.5. The Balaban J connectivity index is 1.36. The maximum atomic E-state index is 11.8. The Hall–Kier alpha value is -1.72. The van der Waals surface area contributed by atoms with Crippen LogP contribution in [0.15, 0.2) is 5.16 Å². The zero-order valence-corrected chi connectivity index (χ0v) is 17.3. The number of piperidine rings is 1. The third kappa shape index (κ3) is 4.56. The lowest BCUT2D eigenvalue weighted by molar-refractivity contribution is -0.143. The van der Waals surface area contributed by atoms with E-state index >= 15 is 0 Å². The number of thioether (sulfide) groups is 1. The Labute approximate surface area is 173 Å². The minimum absolute atomic E-state index is 0.146. The van der Waals surface area contributed by atoms with E-state index in [-0.39, 0.29) is 5.25 Å². The maximum absolute atomic E-state index is 11.8. The number of aliphatic carboxylic acids is 2. The second kappa shape index (κ2) is 8.57. The summed E-state index contributed by atoms with van der Waals surface area (Å²) in [4.78, 5) is 25.3. The van der Waals surface area contributed by atoms with Gasteiger partial charge in [-0.3, -0.25) is 14.5 Å². The monoisotopic (exact) mass is 424 g/mol. The summed E-state index contributed by atoms with van der Waals surface area (Å²) in [6.45, 7) is 2.25. The number of carboxylic acids is 2. The molecule has 0 radical (unpaired) electrons. The minimum atomic E-state index is -0.773. The highest BCUT2D eigenvalue weighted by molar-refractivity contribution is 7.99. The van der Waals surface area contributed by atoms with Crippen LogP contribution in [-0.2, 0) is 16.6 Å². The molecule has 1 aromatic heterocycles. The summed E-state index contributed by atoms with van der Waals surface area (Å²) in [6, 6.07) is -0.930. The SMILES string of the molecule is Cn1nnnc1S[C@H]1C[C@@H](C(=O)O)N(C[C@H]2CC[C@H]3CN[C@H](C(=O)O)C[C@H]3C2)C1. The molecular weight excluding hydrogens is 396 g/mol. The Morgan fingerprint density at radius 1 is 1.17 bits per heavy atom. The van der Waals surface area contributed by atoms with Crippen molar-refractivity contribution in [3.8, 4) is 0 Å². The van der Waals surface area contributed by atoms with Gasteiger partial charge < -0.3 is 15.5 Å².